The molecule has 0 bridgehead atoms. The fourth-order valence-electron chi connectivity index (χ4n) is 7.29. The molecule has 0 saturated heterocycles. The van der Waals surface area contributed by atoms with Gasteiger partial charge in [0, 0.05) is 30.5 Å². The first-order chi connectivity index (χ1) is 27.6. The van der Waals surface area contributed by atoms with Gasteiger partial charge in [-0.1, -0.05) is 81.6 Å². The van der Waals surface area contributed by atoms with Crippen LogP contribution in [-0.4, -0.2) is 27.8 Å². The molecule has 0 aliphatic heterocycles. The number of hydrogen-bond donors (Lipinski definition) is 0. The van der Waals surface area contributed by atoms with Crippen molar-refractivity contribution in [1.29, 1.82) is 5.26 Å². The van der Waals surface area contributed by atoms with Gasteiger partial charge < -0.3 is 4.57 Å². The maximum Gasteiger partial charge on any atom is 0 e. The molecule has 5 aromatic carbocycles. The van der Waals surface area contributed by atoms with Gasteiger partial charge in [0.05, 0.1) is 16.9 Å². The average molecular weight is 1010 g/mol. The molecule has 4 nitrogen and oxygen atoms in total. The quantitative estimate of drug-likeness (QED) is 0.113. The molecule has 7 heteroatoms. The van der Waals surface area contributed by atoms with Crippen LogP contribution >= 0.6 is 11.3 Å². The van der Waals surface area contributed by atoms with Crippen molar-refractivity contribution in [2.45, 2.75) is 77.0 Å². The summed E-state index contributed by atoms with van der Waals surface area (Å²) in [5, 5.41) is 11.5. The molecule has 0 fully saturated rings. The average Bonchev–Trinajstić information content (AvgIpc) is 3.78. The number of thiophene rings is 1. The van der Waals surface area contributed by atoms with Crippen LogP contribution in [-0.2, 0) is 26.5 Å². The third-order valence-electron chi connectivity index (χ3n) is 10.1. The zero-order chi connectivity index (χ0) is 41.5. The molecule has 8 rings (SSSR count). The molecule has 0 amide bonds. The first-order valence-corrected chi connectivity index (χ1v) is 27.6. The summed E-state index contributed by atoms with van der Waals surface area (Å²) in [5.41, 5.74) is 9.92. The summed E-state index contributed by atoms with van der Waals surface area (Å²) < 4.78 is 23.2. The Morgan fingerprint density at radius 3 is 2.12 bits per heavy atom. The Morgan fingerprint density at radius 1 is 0.789 bits per heavy atom. The van der Waals surface area contributed by atoms with E-state index in [-0.39, 0.29) is 26.0 Å². The van der Waals surface area contributed by atoms with Gasteiger partial charge in [0.15, 0.2) is 0 Å². The van der Waals surface area contributed by atoms with Crippen molar-refractivity contribution in [3.05, 3.63) is 144 Å². The second-order valence-electron chi connectivity index (χ2n) is 16.3. The van der Waals surface area contributed by atoms with Gasteiger partial charge in [0.25, 0.3) is 0 Å². The van der Waals surface area contributed by atoms with E-state index < -0.39 is 19.6 Å². The summed E-state index contributed by atoms with van der Waals surface area (Å²) in [5.74, 6) is 8.39. The minimum atomic E-state index is -2.26. The molecule has 0 atom stereocenters. The number of pyridine rings is 1. The Bertz CT molecular complexity index is 2780. The van der Waals surface area contributed by atoms with Gasteiger partial charge in [-0.15, -0.1) is 23.8 Å². The number of para-hydroxylation sites is 3. The van der Waals surface area contributed by atoms with Crippen LogP contribution in [0.15, 0.2) is 109 Å². The summed E-state index contributed by atoms with van der Waals surface area (Å²) >= 11 is -0.438. The third kappa shape index (κ3) is 8.88. The van der Waals surface area contributed by atoms with E-state index in [2.05, 4.69) is 152 Å². The van der Waals surface area contributed by atoms with Gasteiger partial charge in [-0.25, -0.2) is 0 Å². The van der Waals surface area contributed by atoms with Crippen LogP contribution in [0.1, 0.15) is 78.4 Å². The van der Waals surface area contributed by atoms with E-state index in [0.29, 0.717) is 23.1 Å². The van der Waals surface area contributed by atoms with Crippen molar-refractivity contribution in [2.24, 2.45) is 5.92 Å². The van der Waals surface area contributed by atoms with Crippen LogP contribution < -0.4 is 4.40 Å². The number of nitrogens with zero attached hydrogens (tertiary/aromatic N) is 4. The molecule has 0 aliphatic rings. The second kappa shape index (κ2) is 17.6. The van der Waals surface area contributed by atoms with Gasteiger partial charge in [-0.2, -0.15) is 11.3 Å². The molecule has 8 aromatic rings. The molecule has 1 radical (unpaired) electrons. The molecule has 0 unspecified atom stereocenters. The van der Waals surface area contributed by atoms with Crippen LogP contribution in [0.4, 0.5) is 0 Å². The Labute approximate surface area is 361 Å². The van der Waals surface area contributed by atoms with Crippen LogP contribution in [0.25, 0.3) is 59.5 Å². The number of fused-ring (bicyclic) bond motifs is 4. The Morgan fingerprint density at radius 2 is 1.47 bits per heavy atom. The molecule has 291 valence electrons. The number of benzene rings is 5. The third-order valence-corrected chi connectivity index (χ3v) is 15.4. The van der Waals surface area contributed by atoms with Crippen molar-refractivity contribution in [2.75, 3.05) is 0 Å². The first kappa shape index (κ1) is 39.4. The molecule has 0 N–H and O–H groups in total. The van der Waals surface area contributed by atoms with Crippen molar-refractivity contribution in [3.8, 4) is 34.4 Å². The van der Waals surface area contributed by atoms with Gasteiger partial charge in [0.1, 0.15) is 0 Å². The normalized spacial score (nSPS) is 12.4. The number of aromatic nitrogens is 3. The van der Waals surface area contributed by atoms with E-state index in [0.717, 1.165) is 37.9 Å². The van der Waals surface area contributed by atoms with Crippen LogP contribution in [0, 0.1) is 29.4 Å². The molecule has 3 aromatic heterocycles. The zero-order valence-corrected chi connectivity index (χ0v) is 39.5. The van der Waals surface area contributed by atoms with E-state index in [1.807, 2.05) is 43.5 Å². The molecule has 0 spiro atoms. The van der Waals surface area contributed by atoms with Crippen LogP contribution in [0.5, 0.6) is 0 Å². The summed E-state index contributed by atoms with van der Waals surface area (Å²) in [4.78, 5) is 9.74. The summed E-state index contributed by atoms with van der Waals surface area (Å²) in [6, 6.07) is 44.1. The minimum absolute atomic E-state index is 0. The fourth-order valence-corrected chi connectivity index (χ4v) is 11.3. The molecule has 0 saturated carbocycles. The summed E-state index contributed by atoms with van der Waals surface area (Å²) in [6.07, 6.45) is 0.453. The van der Waals surface area contributed by atoms with E-state index in [1.165, 1.54) is 37.0 Å². The number of imidazole rings is 1. The van der Waals surface area contributed by atoms with Crippen molar-refractivity contribution in [1.82, 2.24) is 14.5 Å². The van der Waals surface area contributed by atoms with Gasteiger partial charge in [-0.05, 0) is 51.2 Å². The first-order valence-electron chi connectivity index (χ1n) is 20.5. The zero-order valence-electron chi connectivity index (χ0n) is 36.2. The minimum Gasteiger partial charge on any atom is 0 e. The predicted molar refractivity (Wildman–Crippen MR) is 241 cm³/mol. The fraction of sp³-hybridized carbons (Fsp3) is 0.260. The van der Waals surface area contributed by atoms with Crippen molar-refractivity contribution < 1.29 is 22.8 Å². The smallest absolute Gasteiger partial charge is 0 e. The van der Waals surface area contributed by atoms with Gasteiger partial charge in [0.2, 0.25) is 0 Å². The predicted octanol–water partition coefficient (Wildman–Crippen LogP) is 13.3. The van der Waals surface area contributed by atoms with Crippen molar-refractivity contribution >= 4 is 60.2 Å². The Kier molecular flexibility index (Phi) is 12.2. The number of rotatable bonds is 8. The van der Waals surface area contributed by atoms with Crippen molar-refractivity contribution in [3.63, 3.8) is 0 Å². The SMILES string of the molecule is CC(C)c1cccc(C(C)C)c1-n1c(-c2[c-]cc3sc4ccccc4c3c2)nc2ccccc21.[2H]C([2H])(c1cc(-c2[c-]cc(C#N)cc2)nc[c]1[Ge]([CH3])([CH3])[CH3])C(C)C.[Ir]. The summed E-state index contributed by atoms with van der Waals surface area (Å²) in [7, 11) is 0. The topological polar surface area (TPSA) is 54.5 Å². The number of nitriles is 1. The Balaban J connectivity index is 0.000000208. The number of hydrogen-bond acceptors (Lipinski definition) is 4. The molecular weight excluding hydrogens is 953 g/mol. The van der Waals surface area contributed by atoms with E-state index in [9.17, 15) is 0 Å². The largest absolute Gasteiger partial charge is 0 e. The Hall–Kier alpha value is -4.38. The van der Waals surface area contributed by atoms with Gasteiger partial charge >= 0.3 is 139 Å². The van der Waals surface area contributed by atoms with Crippen LogP contribution in [0.3, 0.4) is 0 Å². The van der Waals surface area contributed by atoms with E-state index in [4.69, 9.17) is 13.0 Å². The molecule has 3 heterocycles. The second-order valence-corrected chi connectivity index (χ2v) is 28.0. The van der Waals surface area contributed by atoms with Crippen LogP contribution in [0.2, 0.25) is 17.3 Å². The maximum atomic E-state index is 8.91. The van der Waals surface area contributed by atoms with E-state index >= 15 is 0 Å². The van der Waals surface area contributed by atoms with Gasteiger partial charge in [-0.3, -0.25) is 4.98 Å². The standard InChI is InChI=1S/C31H27N2S.C19H23GeN2.Ir/c1-19(2)22-11-9-12-23(20(3)4)30(22)33-27-14-7-6-13-26(27)32-31(33)21-16-17-29-25(18-21)24-10-5-8-15-28(24)34-29;1-14(2)10-17-11-19(22-13-18(17)20(3,4)5)16-8-6-15(12-21)7-9-16;/h5-15,17-20H,1-4H3;6-8,11,13-14H,10H2,1-5H3;/q2*-1;/i;10D2;. The van der Waals surface area contributed by atoms with E-state index in [1.54, 1.807) is 12.1 Å². The monoisotopic (exact) mass is 1010 g/mol. The maximum absolute atomic E-state index is 8.91. The molecular formula is C50H50GeIrN4S-2. The molecule has 0 aliphatic carbocycles. The summed E-state index contributed by atoms with van der Waals surface area (Å²) in [6.45, 7) is 12.9. The molecule has 57 heavy (non-hydrogen) atoms.